The molecule has 2 atom stereocenters. The molecular weight excluding hydrogens is 278 g/mol. The van der Waals surface area contributed by atoms with Crippen molar-refractivity contribution in [3.63, 3.8) is 0 Å². The van der Waals surface area contributed by atoms with Gasteiger partial charge in [-0.1, -0.05) is 20.8 Å². The molecule has 1 aromatic heterocycles. The van der Waals surface area contributed by atoms with Gasteiger partial charge in [0, 0.05) is 25.1 Å². The van der Waals surface area contributed by atoms with Gasteiger partial charge in [-0.2, -0.15) is 0 Å². The second kappa shape index (κ2) is 7.14. The van der Waals surface area contributed by atoms with E-state index in [1.807, 2.05) is 26.0 Å². The molecule has 4 heteroatoms. The van der Waals surface area contributed by atoms with E-state index in [4.69, 9.17) is 9.52 Å². The summed E-state index contributed by atoms with van der Waals surface area (Å²) < 4.78 is 5.72. The number of carbonyl (C=O) groups excluding carboxylic acids is 1. The molecule has 4 nitrogen and oxygen atoms in total. The Labute approximate surface area is 132 Å². The maximum atomic E-state index is 11.7. The predicted octanol–water partition coefficient (Wildman–Crippen LogP) is 3.33. The number of amides is 1. The van der Waals surface area contributed by atoms with Gasteiger partial charge in [-0.3, -0.25) is 4.79 Å². The molecule has 122 valence electrons. The van der Waals surface area contributed by atoms with Gasteiger partial charge in [-0.15, -0.1) is 0 Å². The molecule has 2 N–H and O–H groups in total. The summed E-state index contributed by atoms with van der Waals surface area (Å²) in [7, 11) is 0. The number of furan rings is 1. The Hall–Kier alpha value is -1.55. The van der Waals surface area contributed by atoms with E-state index in [1.54, 1.807) is 6.08 Å². The Morgan fingerprint density at radius 1 is 1.50 bits per heavy atom. The molecular formula is C18H27NO3. The van der Waals surface area contributed by atoms with Gasteiger partial charge in [0.1, 0.15) is 11.5 Å². The quantitative estimate of drug-likeness (QED) is 0.572. The van der Waals surface area contributed by atoms with Gasteiger partial charge >= 0.3 is 0 Å². The molecule has 1 aliphatic carbocycles. The van der Waals surface area contributed by atoms with Gasteiger partial charge in [0.15, 0.2) is 0 Å². The van der Waals surface area contributed by atoms with Crippen LogP contribution in [-0.4, -0.2) is 24.2 Å². The average Bonchev–Trinajstić information content (AvgIpc) is 3.02. The number of rotatable bonds is 8. The summed E-state index contributed by atoms with van der Waals surface area (Å²) in [6.45, 7) is 7.04. The number of aliphatic hydroxyl groups excluding tert-OH is 1. The summed E-state index contributed by atoms with van der Waals surface area (Å²) in [6, 6.07) is 3.91. The first-order valence-corrected chi connectivity index (χ1v) is 8.08. The first-order valence-electron chi connectivity index (χ1n) is 8.08. The number of aliphatic hydroxyl groups is 1. The lowest BCUT2D eigenvalue weighted by Crippen LogP contribution is -2.24. The average molecular weight is 305 g/mol. The maximum absolute atomic E-state index is 11.7. The number of hydrogen-bond acceptors (Lipinski definition) is 3. The van der Waals surface area contributed by atoms with Crippen molar-refractivity contribution in [1.82, 2.24) is 5.32 Å². The highest BCUT2D eigenvalue weighted by Gasteiger charge is 2.36. The Morgan fingerprint density at radius 3 is 2.86 bits per heavy atom. The molecule has 1 aliphatic rings. The molecule has 1 aromatic rings. The standard InChI is InChI=1S/C18H27NO3/c1-13-11-15(13)16-7-5-14(22-16)6-8-17(21)19-10-4-9-18(2,3)12-20/h5-8,13,15,20H,4,9-12H2,1-3H3,(H,19,21)/b8-6+. The first kappa shape index (κ1) is 16.8. The number of nitrogens with one attached hydrogen (secondary N) is 1. The van der Waals surface area contributed by atoms with Crippen molar-refractivity contribution in [3.05, 3.63) is 29.7 Å². The van der Waals surface area contributed by atoms with Crippen LogP contribution in [0.5, 0.6) is 0 Å². The fourth-order valence-electron chi connectivity index (χ4n) is 2.45. The lowest BCUT2D eigenvalue weighted by Gasteiger charge is -2.20. The van der Waals surface area contributed by atoms with Crippen LogP contribution in [0.15, 0.2) is 22.6 Å². The van der Waals surface area contributed by atoms with Crippen LogP contribution in [0.3, 0.4) is 0 Å². The van der Waals surface area contributed by atoms with Crippen molar-refractivity contribution < 1.29 is 14.3 Å². The Bertz CT molecular complexity index is 530. The minimum absolute atomic E-state index is 0.0783. The zero-order valence-corrected chi connectivity index (χ0v) is 13.8. The molecule has 2 rings (SSSR count). The summed E-state index contributed by atoms with van der Waals surface area (Å²) in [5.74, 6) is 2.92. The molecule has 1 fully saturated rings. The smallest absolute Gasteiger partial charge is 0.244 e. The first-order chi connectivity index (χ1) is 10.4. The van der Waals surface area contributed by atoms with E-state index in [0.717, 1.165) is 30.3 Å². The van der Waals surface area contributed by atoms with E-state index in [2.05, 4.69) is 12.2 Å². The van der Waals surface area contributed by atoms with Crippen LogP contribution in [0, 0.1) is 11.3 Å². The van der Waals surface area contributed by atoms with Crippen LogP contribution in [-0.2, 0) is 4.79 Å². The minimum atomic E-state index is -0.112. The van der Waals surface area contributed by atoms with Gasteiger partial charge in [0.2, 0.25) is 5.91 Å². The van der Waals surface area contributed by atoms with Crippen molar-refractivity contribution in [1.29, 1.82) is 0 Å². The molecule has 1 amide bonds. The molecule has 0 aromatic carbocycles. The van der Waals surface area contributed by atoms with Gasteiger partial charge in [-0.05, 0) is 48.8 Å². The van der Waals surface area contributed by atoms with E-state index < -0.39 is 0 Å². The zero-order valence-electron chi connectivity index (χ0n) is 13.8. The van der Waals surface area contributed by atoms with E-state index in [1.165, 1.54) is 12.5 Å². The Morgan fingerprint density at radius 2 is 2.23 bits per heavy atom. The van der Waals surface area contributed by atoms with Crippen molar-refractivity contribution >= 4 is 12.0 Å². The maximum Gasteiger partial charge on any atom is 0.244 e. The number of hydrogen-bond donors (Lipinski definition) is 2. The van der Waals surface area contributed by atoms with Gasteiger partial charge in [-0.25, -0.2) is 0 Å². The summed E-state index contributed by atoms with van der Waals surface area (Å²) in [6.07, 6.45) is 6.16. The van der Waals surface area contributed by atoms with Gasteiger partial charge in [0.05, 0.1) is 0 Å². The highest BCUT2D eigenvalue weighted by Crippen LogP contribution is 2.47. The molecule has 2 unspecified atom stereocenters. The molecule has 0 aliphatic heterocycles. The number of carbonyl (C=O) groups is 1. The largest absolute Gasteiger partial charge is 0.461 e. The fraction of sp³-hybridized carbons (Fsp3) is 0.611. The zero-order chi connectivity index (χ0) is 16.2. The molecule has 1 saturated carbocycles. The SMILES string of the molecule is CC1CC1c1ccc(/C=C/C(=O)NCCCC(C)(C)CO)o1. The van der Waals surface area contributed by atoms with E-state index >= 15 is 0 Å². The van der Waals surface area contributed by atoms with Crippen molar-refractivity contribution in [3.8, 4) is 0 Å². The topological polar surface area (TPSA) is 62.5 Å². The van der Waals surface area contributed by atoms with Crippen molar-refractivity contribution in [2.75, 3.05) is 13.2 Å². The lowest BCUT2D eigenvalue weighted by atomic mass is 9.89. The second-order valence-electron chi connectivity index (χ2n) is 7.11. The monoisotopic (exact) mass is 305 g/mol. The molecule has 0 bridgehead atoms. The van der Waals surface area contributed by atoms with E-state index in [0.29, 0.717) is 12.5 Å². The van der Waals surface area contributed by atoms with Crippen molar-refractivity contribution in [2.24, 2.45) is 11.3 Å². The van der Waals surface area contributed by atoms with Crippen LogP contribution in [0.1, 0.15) is 57.5 Å². The Kier molecular flexibility index (Phi) is 5.46. The molecule has 22 heavy (non-hydrogen) atoms. The normalized spacial score (nSPS) is 21.3. The third-order valence-corrected chi connectivity index (χ3v) is 4.28. The third kappa shape index (κ3) is 5.02. The van der Waals surface area contributed by atoms with E-state index in [9.17, 15) is 4.79 Å². The van der Waals surface area contributed by atoms with Crippen LogP contribution in [0.25, 0.3) is 6.08 Å². The summed E-state index contributed by atoms with van der Waals surface area (Å²) in [4.78, 5) is 11.7. The van der Waals surface area contributed by atoms with Crippen LogP contribution in [0.4, 0.5) is 0 Å². The third-order valence-electron chi connectivity index (χ3n) is 4.28. The molecule has 0 saturated heterocycles. The fourth-order valence-corrected chi connectivity index (χ4v) is 2.45. The summed E-state index contributed by atoms with van der Waals surface area (Å²) >= 11 is 0. The molecule has 0 spiro atoms. The van der Waals surface area contributed by atoms with Crippen LogP contribution < -0.4 is 5.32 Å². The molecule has 1 heterocycles. The highest BCUT2D eigenvalue weighted by atomic mass is 16.3. The highest BCUT2D eigenvalue weighted by molar-refractivity contribution is 5.91. The van der Waals surface area contributed by atoms with Crippen molar-refractivity contribution in [2.45, 2.75) is 46.0 Å². The van der Waals surface area contributed by atoms with Crippen LogP contribution >= 0.6 is 0 Å². The van der Waals surface area contributed by atoms with Crippen LogP contribution in [0.2, 0.25) is 0 Å². The lowest BCUT2D eigenvalue weighted by molar-refractivity contribution is -0.116. The Balaban J connectivity index is 1.69. The van der Waals surface area contributed by atoms with Gasteiger partial charge < -0.3 is 14.8 Å². The second-order valence-corrected chi connectivity index (χ2v) is 7.11. The summed E-state index contributed by atoms with van der Waals surface area (Å²) in [5, 5.41) is 12.0. The van der Waals surface area contributed by atoms with Gasteiger partial charge in [0.25, 0.3) is 0 Å². The van der Waals surface area contributed by atoms with E-state index in [-0.39, 0.29) is 17.9 Å². The minimum Gasteiger partial charge on any atom is -0.461 e. The summed E-state index contributed by atoms with van der Waals surface area (Å²) in [5.41, 5.74) is -0.0783. The predicted molar refractivity (Wildman–Crippen MR) is 87.4 cm³/mol. The molecule has 0 radical (unpaired) electrons.